The lowest BCUT2D eigenvalue weighted by atomic mass is 10.3. The maximum absolute atomic E-state index is 8.37. The summed E-state index contributed by atoms with van der Waals surface area (Å²) in [5.74, 6) is 0.938. The van der Waals surface area contributed by atoms with Gasteiger partial charge in [0, 0.05) is 25.0 Å². The van der Waals surface area contributed by atoms with E-state index in [1.165, 1.54) is 0 Å². The van der Waals surface area contributed by atoms with Crippen molar-refractivity contribution in [2.24, 2.45) is 0 Å². The zero-order valence-electron chi connectivity index (χ0n) is 6.96. The molecule has 0 aromatic carbocycles. The molecule has 0 radical (unpaired) electrons. The van der Waals surface area contributed by atoms with Crippen LogP contribution in [0.5, 0.6) is 0 Å². The number of hydrogen-bond donors (Lipinski definition) is 2. The van der Waals surface area contributed by atoms with Crippen LogP contribution < -0.4 is 0 Å². The molecule has 0 spiro atoms. The van der Waals surface area contributed by atoms with E-state index in [4.69, 9.17) is 5.26 Å². The van der Waals surface area contributed by atoms with E-state index in [9.17, 15) is 0 Å². The van der Waals surface area contributed by atoms with Crippen molar-refractivity contribution in [2.45, 2.75) is 31.2 Å². The van der Waals surface area contributed by atoms with E-state index in [-0.39, 0.29) is 0 Å². The lowest BCUT2D eigenvalue weighted by Gasteiger charge is -1.90. The van der Waals surface area contributed by atoms with Crippen LogP contribution in [0, 0.1) is 11.3 Å². The summed E-state index contributed by atoms with van der Waals surface area (Å²) < 4.78 is 0. The van der Waals surface area contributed by atoms with Crippen molar-refractivity contribution in [3.05, 3.63) is 11.5 Å². The molecule has 0 aliphatic heterocycles. The summed E-state index contributed by atoms with van der Waals surface area (Å²) in [6.45, 7) is 2.03. The number of imidazole rings is 1. The van der Waals surface area contributed by atoms with Crippen molar-refractivity contribution in [1.82, 2.24) is 9.97 Å². The molecule has 0 aliphatic carbocycles. The molecule has 1 N–H and O–H groups in total. The van der Waals surface area contributed by atoms with Crippen LogP contribution in [0.25, 0.3) is 0 Å². The molecule has 3 nitrogen and oxygen atoms in total. The van der Waals surface area contributed by atoms with Gasteiger partial charge in [0.25, 0.3) is 0 Å². The van der Waals surface area contributed by atoms with E-state index in [2.05, 4.69) is 28.7 Å². The zero-order valence-corrected chi connectivity index (χ0v) is 7.86. The molecule has 0 saturated carbocycles. The fraction of sp³-hybridized carbons (Fsp3) is 0.500. The molecule has 0 aliphatic rings. The van der Waals surface area contributed by atoms with E-state index in [0.29, 0.717) is 12.8 Å². The molecule has 1 heterocycles. The number of nitrogens with one attached hydrogen (secondary N) is 1. The highest BCUT2D eigenvalue weighted by Crippen LogP contribution is 2.12. The Morgan fingerprint density at radius 3 is 2.92 bits per heavy atom. The smallest absolute Gasteiger partial charge is 0.114 e. The van der Waals surface area contributed by atoms with Crippen molar-refractivity contribution >= 4 is 12.6 Å². The van der Waals surface area contributed by atoms with E-state index < -0.39 is 0 Å². The minimum absolute atomic E-state index is 0.513. The van der Waals surface area contributed by atoms with Crippen LogP contribution in [0.15, 0.2) is 5.03 Å². The number of aryl methyl sites for hydroxylation is 2. The van der Waals surface area contributed by atoms with Crippen LogP contribution in [0.2, 0.25) is 0 Å². The number of nitriles is 1. The number of thiol groups is 1. The van der Waals surface area contributed by atoms with Gasteiger partial charge in [0.1, 0.15) is 10.9 Å². The van der Waals surface area contributed by atoms with Gasteiger partial charge in [-0.1, -0.05) is 6.92 Å². The average Bonchev–Trinajstić information content (AvgIpc) is 2.43. The number of aromatic amines is 1. The molecule has 1 aromatic heterocycles. The summed E-state index contributed by atoms with van der Waals surface area (Å²) in [6.07, 6.45) is 2.10. The van der Waals surface area contributed by atoms with Crippen molar-refractivity contribution in [3.8, 4) is 6.07 Å². The zero-order chi connectivity index (χ0) is 8.97. The lowest BCUT2D eigenvalue weighted by Crippen LogP contribution is -1.86. The Bertz CT molecular complexity index is 298. The van der Waals surface area contributed by atoms with Gasteiger partial charge in [-0.05, 0) is 0 Å². The fourth-order valence-electron chi connectivity index (χ4n) is 0.976. The van der Waals surface area contributed by atoms with Gasteiger partial charge in [0.05, 0.1) is 6.07 Å². The van der Waals surface area contributed by atoms with Gasteiger partial charge in [-0.3, -0.25) is 0 Å². The third-order valence-electron chi connectivity index (χ3n) is 1.63. The van der Waals surface area contributed by atoms with Crippen molar-refractivity contribution in [2.75, 3.05) is 0 Å². The second-order valence-electron chi connectivity index (χ2n) is 2.50. The Balaban J connectivity index is 2.72. The normalized spacial score (nSPS) is 9.75. The Morgan fingerprint density at radius 2 is 2.42 bits per heavy atom. The van der Waals surface area contributed by atoms with E-state index in [0.717, 1.165) is 23.0 Å². The highest BCUT2D eigenvalue weighted by molar-refractivity contribution is 7.80. The molecule has 1 rings (SSSR count). The Morgan fingerprint density at radius 1 is 1.67 bits per heavy atom. The molecule has 0 fully saturated rings. The molecule has 64 valence electrons. The quantitative estimate of drug-likeness (QED) is 0.697. The van der Waals surface area contributed by atoms with Crippen molar-refractivity contribution < 1.29 is 0 Å². The van der Waals surface area contributed by atoms with E-state index in [1.54, 1.807) is 0 Å². The third kappa shape index (κ3) is 2.02. The maximum Gasteiger partial charge on any atom is 0.114 e. The van der Waals surface area contributed by atoms with Gasteiger partial charge in [-0.25, -0.2) is 4.98 Å². The average molecular weight is 181 g/mol. The van der Waals surface area contributed by atoms with E-state index in [1.807, 2.05) is 6.92 Å². The van der Waals surface area contributed by atoms with Crippen LogP contribution in [0.1, 0.15) is 24.9 Å². The van der Waals surface area contributed by atoms with Crippen LogP contribution in [-0.2, 0) is 12.8 Å². The first-order valence-corrected chi connectivity index (χ1v) is 4.36. The Hall–Kier alpha value is -0.950. The first kappa shape index (κ1) is 9.14. The monoisotopic (exact) mass is 181 g/mol. The highest BCUT2D eigenvalue weighted by Gasteiger charge is 2.04. The topological polar surface area (TPSA) is 52.5 Å². The van der Waals surface area contributed by atoms with Gasteiger partial charge in [-0.15, -0.1) is 12.6 Å². The molecule has 0 atom stereocenters. The fourth-order valence-corrected chi connectivity index (χ4v) is 1.26. The van der Waals surface area contributed by atoms with Crippen molar-refractivity contribution in [1.29, 1.82) is 5.26 Å². The molecule has 0 unspecified atom stereocenters. The standard InChI is InChI=1S/C8H11N3S/c1-2-7-10-6(4-3-5-9)8(12)11-7/h12H,2-4H2,1H3,(H,10,11). The van der Waals surface area contributed by atoms with Crippen LogP contribution in [0.3, 0.4) is 0 Å². The van der Waals surface area contributed by atoms with Gasteiger partial charge in [-0.2, -0.15) is 5.26 Å². The predicted octanol–water partition coefficient (Wildman–Crippen LogP) is 1.72. The van der Waals surface area contributed by atoms with E-state index >= 15 is 0 Å². The molecule has 1 aromatic rings. The Labute approximate surface area is 77.2 Å². The molecule has 12 heavy (non-hydrogen) atoms. The van der Waals surface area contributed by atoms with Crippen LogP contribution in [0.4, 0.5) is 0 Å². The van der Waals surface area contributed by atoms with Gasteiger partial charge in [0.15, 0.2) is 0 Å². The number of rotatable bonds is 3. The highest BCUT2D eigenvalue weighted by atomic mass is 32.1. The maximum atomic E-state index is 8.37. The SMILES string of the molecule is CCc1nc(S)c(CCC#N)[nH]1. The molecular weight excluding hydrogens is 170 g/mol. The summed E-state index contributed by atoms with van der Waals surface area (Å²) in [5, 5.41) is 9.10. The molecule has 0 amide bonds. The summed E-state index contributed by atoms with van der Waals surface area (Å²) in [6, 6.07) is 2.09. The third-order valence-corrected chi connectivity index (χ3v) is 2.00. The minimum Gasteiger partial charge on any atom is -0.345 e. The number of aromatic nitrogens is 2. The van der Waals surface area contributed by atoms with Gasteiger partial charge >= 0.3 is 0 Å². The molecule has 4 heteroatoms. The minimum atomic E-state index is 0.513. The second kappa shape index (κ2) is 4.17. The summed E-state index contributed by atoms with van der Waals surface area (Å²) in [5.41, 5.74) is 0.969. The molecule has 0 bridgehead atoms. The largest absolute Gasteiger partial charge is 0.345 e. The summed E-state index contributed by atoms with van der Waals surface area (Å²) in [4.78, 5) is 7.31. The summed E-state index contributed by atoms with van der Waals surface area (Å²) in [7, 11) is 0. The second-order valence-corrected chi connectivity index (χ2v) is 2.92. The lowest BCUT2D eigenvalue weighted by molar-refractivity contribution is 0.922. The number of H-pyrrole nitrogens is 1. The van der Waals surface area contributed by atoms with Gasteiger partial charge in [0.2, 0.25) is 0 Å². The number of hydrogen-bond acceptors (Lipinski definition) is 3. The Kier molecular flexibility index (Phi) is 3.18. The summed E-state index contributed by atoms with van der Waals surface area (Å²) >= 11 is 4.19. The van der Waals surface area contributed by atoms with Gasteiger partial charge < -0.3 is 4.98 Å². The van der Waals surface area contributed by atoms with Crippen LogP contribution in [-0.4, -0.2) is 9.97 Å². The number of nitrogens with zero attached hydrogens (tertiary/aromatic N) is 2. The first-order chi connectivity index (χ1) is 5.77. The van der Waals surface area contributed by atoms with Crippen molar-refractivity contribution in [3.63, 3.8) is 0 Å². The molecule has 0 saturated heterocycles. The van der Waals surface area contributed by atoms with Crippen LogP contribution >= 0.6 is 12.6 Å². The predicted molar refractivity (Wildman–Crippen MR) is 49.2 cm³/mol. The molecular formula is C8H11N3S. The first-order valence-electron chi connectivity index (χ1n) is 3.91.